The van der Waals surface area contributed by atoms with E-state index in [2.05, 4.69) is 13.8 Å². The highest BCUT2D eigenvalue weighted by Gasteiger charge is 2.37. The van der Waals surface area contributed by atoms with Crippen molar-refractivity contribution in [3.8, 4) is 0 Å². The lowest BCUT2D eigenvalue weighted by Crippen LogP contribution is -2.46. The summed E-state index contributed by atoms with van der Waals surface area (Å²) in [6.45, 7) is 7.41. The second-order valence-electron chi connectivity index (χ2n) is 5.12. The van der Waals surface area contributed by atoms with Gasteiger partial charge >= 0.3 is 0 Å². The molecule has 0 saturated carbocycles. The molecule has 0 aromatic carbocycles. The van der Waals surface area contributed by atoms with Gasteiger partial charge in [-0.15, -0.1) is 11.6 Å². The summed E-state index contributed by atoms with van der Waals surface area (Å²) in [6, 6.07) is 0. The fraction of sp³-hybridized carbons (Fsp3) is 1.00. The van der Waals surface area contributed by atoms with Gasteiger partial charge in [0, 0.05) is 19.0 Å². The van der Waals surface area contributed by atoms with Gasteiger partial charge in [-0.2, -0.15) is 0 Å². The van der Waals surface area contributed by atoms with E-state index < -0.39 is 15.3 Å². The average molecular weight is 282 g/mol. The van der Waals surface area contributed by atoms with Crippen molar-refractivity contribution in [1.29, 1.82) is 0 Å². The fourth-order valence-corrected chi connectivity index (χ4v) is 4.34. The molecule has 0 N–H and O–H groups in total. The van der Waals surface area contributed by atoms with Gasteiger partial charge in [0.05, 0.1) is 5.25 Å². The second-order valence-corrected chi connectivity index (χ2v) is 7.78. The van der Waals surface area contributed by atoms with Crippen LogP contribution in [0.2, 0.25) is 0 Å². The van der Waals surface area contributed by atoms with Crippen LogP contribution in [0.15, 0.2) is 0 Å². The Morgan fingerprint density at radius 2 is 1.71 bits per heavy atom. The van der Waals surface area contributed by atoms with E-state index >= 15 is 0 Å². The Balaban J connectivity index is 2.70. The summed E-state index contributed by atoms with van der Waals surface area (Å²) in [5.41, 5.74) is 0.357. The van der Waals surface area contributed by atoms with Gasteiger partial charge in [0.2, 0.25) is 10.0 Å². The van der Waals surface area contributed by atoms with E-state index in [1.807, 2.05) is 0 Å². The first-order valence-electron chi connectivity index (χ1n) is 6.47. The van der Waals surface area contributed by atoms with Gasteiger partial charge < -0.3 is 0 Å². The Kier molecular flexibility index (Phi) is 5.29. The van der Waals surface area contributed by atoms with Crippen molar-refractivity contribution in [2.45, 2.75) is 51.7 Å². The van der Waals surface area contributed by atoms with Crippen LogP contribution in [0.25, 0.3) is 0 Å². The van der Waals surface area contributed by atoms with Crippen LogP contribution in [0.4, 0.5) is 0 Å². The first-order valence-corrected chi connectivity index (χ1v) is 8.50. The minimum atomic E-state index is -3.18. The summed E-state index contributed by atoms with van der Waals surface area (Å²) < 4.78 is 25.9. The molecule has 17 heavy (non-hydrogen) atoms. The Bertz CT molecular complexity index is 328. The van der Waals surface area contributed by atoms with Crippen LogP contribution < -0.4 is 0 Å². The Labute approximate surface area is 111 Å². The number of piperidine rings is 1. The molecule has 0 aliphatic carbocycles. The Morgan fingerprint density at radius 3 is 2.06 bits per heavy atom. The number of nitrogens with zero attached hydrogens (tertiary/aromatic N) is 1. The highest BCUT2D eigenvalue weighted by atomic mass is 35.5. The maximum absolute atomic E-state index is 12.1. The largest absolute Gasteiger partial charge is 0.217 e. The van der Waals surface area contributed by atoms with Gasteiger partial charge in [0.1, 0.15) is 0 Å². The van der Waals surface area contributed by atoms with E-state index in [1.165, 1.54) is 0 Å². The van der Waals surface area contributed by atoms with Crippen LogP contribution in [0, 0.1) is 5.41 Å². The van der Waals surface area contributed by atoms with Gasteiger partial charge in [-0.1, -0.05) is 26.7 Å². The molecule has 1 unspecified atom stereocenters. The van der Waals surface area contributed by atoms with E-state index in [9.17, 15) is 8.42 Å². The highest BCUT2D eigenvalue weighted by molar-refractivity contribution is 7.89. The van der Waals surface area contributed by atoms with Crippen LogP contribution in [0.5, 0.6) is 0 Å². The third-order valence-electron chi connectivity index (χ3n) is 4.37. The molecule has 1 atom stereocenters. The molecule has 5 heteroatoms. The average Bonchev–Trinajstić information content (AvgIpc) is 2.37. The first kappa shape index (κ1) is 15.3. The lowest BCUT2D eigenvalue weighted by molar-refractivity contribution is 0.141. The number of halogens is 1. The minimum Gasteiger partial charge on any atom is -0.212 e. The predicted molar refractivity (Wildman–Crippen MR) is 72.9 cm³/mol. The van der Waals surface area contributed by atoms with Crippen LogP contribution in [0.3, 0.4) is 0 Å². The molecule has 1 aliphatic heterocycles. The monoisotopic (exact) mass is 281 g/mol. The molecule has 1 rings (SSSR count). The molecular formula is C12H24ClNO2S. The molecule has 0 aromatic heterocycles. The van der Waals surface area contributed by atoms with Crippen LogP contribution in [-0.4, -0.2) is 36.9 Å². The zero-order chi connectivity index (χ0) is 13.1. The molecule has 0 bridgehead atoms. The summed E-state index contributed by atoms with van der Waals surface area (Å²) in [4.78, 5) is 0. The normalized spacial score (nSPS) is 23.5. The molecule has 102 valence electrons. The topological polar surface area (TPSA) is 37.4 Å². The summed E-state index contributed by atoms with van der Waals surface area (Å²) in [6.07, 6.45) is 4.24. The smallest absolute Gasteiger partial charge is 0.212 e. The van der Waals surface area contributed by atoms with Crippen molar-refractivity contribution in [3.63, 3.8) is 0 Å². The fourth-order valence-electron chi connectivity index (χ4n) is 2.51. The highest BCUT2D eigenvalue weighted by Crippen LogP contribution is 2.38. The number of alkyl halides is 1. The number of sulfonamides is 1. The SMILES string of the molecule is CCC1(CC)CCN(S(=O)(=O)C(C)CCl)CC1. The lowest BCUT2D eigenvalue weighted by Gasteiger charge is -2.41. The summed E-state index contributed by atoms with van der Waals surface area (Å²) in [7, 11) is -3.18. The van der Waals surface area contributed by atoms with E-state index in [4.69, 9.17) is 11.6 Å². The molecule has 0 amide bonds. The molecule has 3 nitrogen and oxygen atoms in total. The molecule has 0 radical (unpaired) electrons. The van der Waals surface area contributed by atoms with Gasteiger partial charge in [0.15, 0.2) is 0 Å². The van der Waals surface area contributed by atoms with Crippen LogP contribution >= 0.6 is 11.6 Å². The molecule has 0 aromatic rings. The third kappa shape index (κ3) is 3.15. The summed E-state index contributed by atoms with van der Waals surface area (Å²) in [5, 5.41) is -0.472. The summed E-state index contributed by atoms with van der Waals surface area (Å²) >= 11 is 5.66. The van der Waals surface area contributed by atoms with E-state index in [-0.39, 0.29) is 5.88 Å². The maximum Gasteiger partial charge on any atom is 0.217 e. The summed E-state index contributed by atoms with van der Waals surface area (Å²) in [5.74, 6) is 0.172. The minimum absolute atomic E-state index is 0.172. The molecule has 0 spiro atoms. The van der Waals surface area contributed by atoms with Crippen molar-refractivity contribution in [2.24, 2.45) is 5.41 Å². The van der Waals surface area contributed by atoms with Gasteiger partial charge in [-0.25, -0.2) is 12.7 Å². The third-order valence-corrected chi connectivity index (χ3v) is 7.28. The molecule has 1 heterocycles. The van der Waals surface area contributed by atoms with Gasteiger partial charge in [-0.05, 0) is 25.2 Å². The van der Waals surface area contributed by atoms with Crippen LogP contribution in [0.1, 0.15) is 46.5 Å². The molecule has 1 saturated heterocycles. The van der Waals surface area contributed by atoms with Crippen molar-refractivity contribution in [3.05, 3.63) is 0 Å². The Hall–Kier alpha value is 0.200. The molecular weight excluding hydrogens is 258 g/mol. The van der Waals surface area contributed by atoms with Crippen LogP contribution in [-0.2, 0) is 10.0 Å². The molecule has 1 aliphatic rings. The predicted octanol–water partition coefficient (Wildman–Crippen LogP) is 2.85. The zero-order valence-corrected chi connectivity index (χ0v) is 12.6. The zero-order valence-electron chi connectivity index (χ0n) is 11.1. The maximum atomic E-state index is 12.1. The number of hydrogen-bond donors (Lipinski definition) is 0. The quantitative estimate of drug-likeness (QED) is 0.727. The van der Waals surface area contributed by atoms with Crippen molar-refractivity contribution < 1.29 is 8.42 Å². The van der Waals surface area contributed by atoms with Gasteiger partial charge in [-0.3, -0.25) is 0 Å². The van der Waals surface area contributed by atoms with E-state index in [0.29, 0.717) is 18.5 Å². The van der Waals surface area contributed by atoms with E-state index in [1.54, 1.807) is 11.2 Å². The van der Waals surface area contributed by atoms with Crippen molar-refractivity contribution in [2.75, 3.05) is 19.0 Å². The Morgan fingerprint density at radius 1 is 1.24 bits per heavy atom. The van der Waals surface area contributed by atoms with Gasteiger partial charge in [0.25, 0.3) is 0 Å². The molecule has 1 fully saturated rings. The first-order chi connectivity index (χ1) is 7.91. The number of rotatable bonds is 5. The van der Waals surface area contributed by atoms with Crippen molar-refractivity contribution >= 4 is 21.6 Å². The van der Waals surface area contributed by atoms with E-state index in [0.717, 1.165) is 25.7 Å². The number of hydrogen-bond acceptors (Lipinski definition) is 2. The second kappa shape index (κ2) is 5.89. The standard InChI is InChI=1S/C12H24ClNO2S/c1-4-12(5-2)6-8-14(9-7-12)17(15,16)11(3)10-13/h11H,4-10H2,1-3H3. The van der Waals surface area contributed by atoms with Crippen molar-refractivity contribution in [1.82, 2.24) is 4.31 Å². The lowest BCUT2D eigenvalue weighted by atomic mass is 9.75.